The summed E-state index contributed by atoms with van der Waals surface area (Å²) in [7, 11) is 0. The van der Waals surface area contributed by atoms with Crippen LogP contribution in [0.1, 0.15) is 50.9 Å². The lowest BCUT2D eigenvalue weighted by molar-refractivity contribution is -0.673. The van der Waals surface area contributed by atoms with Gasteiger partial charge in [-0.3, -0.25) is 0 Å². The molecule has 2 atom stereocenters. The molecule has 24 heavy (non-hydrogen) atoms. The molecule has 0 bridgehead atoms. The van der Waals surface area contributed by atoms with E-state index < -0.39 is 0 Å². The fraction of sp³-hybridized carbons (Fsp3) is 0.524. The summed E-state index contributed by atoms with van der Waals surface area (Å²) in [6, 6.07) is 15.1. The van der Waals surface area contributed by atoms with Gasteiger partial charge in [-0.1, -0.05) is 37.3 Å². The van der Waals surface area contributed by atoms with Crippen LogP contribution in [-0.4, -0.2) is 18.8 Å². The predicted octanol–water partition coefficient (Wildman–Crippen LogP) is 3.65. The van der Waals surface area contributed by atoms with Crippen LogP contribution in [-0.2, 0) is 16.7 Å². The van der Waals surface area contributed by atoms with Gasteiger partial charge in [0.2, 0.25) is 0 Å². The van der Waals surface area contributed by atoms with Gasteiger partial charge in [0.15, 0.2) is 5.76 Å². The number of ether oxygens (including phenoxy) is 1. The summed E-state index contributed by atoms with van der Waals surface area (Å²) in [5.41, 5.74) is 1.69. The summed E-state index contributed by atoms with van der Waals surface area (Å²) in [4.78, 5) is 0. The van der Waals surface area contributed by atoms with E-state index in [0.29, 0.717) is 0 Å². The Bertz CT molecular complexity index is 610. The Labute approximate surface area is 145 Å². The van der Waals surface area contributed by atoms with Crippen LogP contribution < -0.4 is 5.32 Å². The Kier molecular flexibility index (Phi) is 5.42. The quantitative estimate of drug-likeness (QED) is 0.788. The molecule has 0 saturated carbocycles. The molecule has 1 aliphatic rings. The number of hydrogen-bond acceptors (Lipinski definition) is 2. The van der Waals surface area contributed by atoms with Gasteiger partial charge >= 0.3 is 0 Å². The minimum atomic E-state index is -0.00486. The first kappa shape index (κ1) is 17.2. The molecule has 1 aliphatic heterocycles. The van der Waals surface area contributed by atoms with E-state index in [0.717, 1.165) is 44.7 Å². The fourth-order valence-corrected chi connectivity index (χ4v) is 4.02. The van der Waals surface area contributed by atoms with Gasteiger partial charge in [0, 0.05) is 18.4 Å². The minimum Gasteiger partial charge on any atom is -0.463 e. The first-order chi connectivity index (χ1) is 11.7. The van der Waals surface area contributed by atoms with Crippen molar-refractivity contribution in [2.75, 3.05) is 13.2 Å². The summed E-state index contributed by atoms with van der Waals surface area (Å²) in [5.74, 6) is 1.05. The van der Waals surface area contributed by atoms with Gasteiger partial charge in [0.1, 0.15) is 6.54 Å². The molecule has 2 heterocycles. The average Bonchev–Trinajstić information content (AvgIpc) is 3.13. The molecule has 2 aromatic rings. The molecule has 1 aromatic heterocycles. The van der Waals surface area contributed by atoms with Gasteiger partial charge < -0.3 is 14.5 Å². The highest BCUT2D eigenvalue weighted by Gasteiger charge is 2.43. The van der Waals surface area contributed by atoms with Crippen LogP contribution >= 0.6 is 0 Å². The molecule has 1 aromatic carbocycles. The van der Waals surface area contributed by atoms with E-state index in [2.05, 4.69) is 49.5 Å². The normalized spacial score (nSPS) is 27.2. The van der Waals surface area contributed by atoms with Crippen molar-refractivity contribution in [3.63, 3.8) is 0 Å². The number of benzene rings is 1. The average molecular weight is 328 g/mol. The van der Waals surface area contributed by atoms with Crippen LogP contribution in [0.3, 0.4) is 0 Å². The molecule has 1 fully saturated rings. The topological polar surface area (TPSA) is 39.0 Å². The summed E-state index contributed by atoms with van der Waals surface area (Å²) >= 11 is 0. The van der Waals surface area contributed by atoms with Crippen LogP contribution in [0.25, 0.3) is 0 Å². The zero-order chi connectivity index (χ0) is 16.9. The number of nitrogens with two attached hydrogens (primary N) is 1. The Hall–Kier alpha value is -1.58. The van der Waals surface area contributed by atoms with Gasteiger partial charge in [0.25, 0.3) is 0 Å². The van der Waals surface area contributed by atoms with E-state index in [1.165, 1.54) is 12.0 Å². The number of quaternary nitrogens is 1. The lowest BCUT2D eigenvalue weighted by Gasteiger charge is -2.46. The van der Waals surface area contributed by atoms with Crippen molar-refractivity contribution >= 4 is 0 Å². The van der Waals surface area contributed by atoms with Gasteiger partial charge in [0.05, 0.1) is 18.4 Å². The molecule has 0 aliphatic carbocycles. The summed E-state index contributed by atoms with van der Waals surface area (Å²) in [5, 5.41) is 2.36. The van der Waals surface area contributed by atoms with Gasteiger partial charge in [-0.15, -0.1) is 0 Å². The molecule has 0 amide bonds. The standard InChI is InChI=1S/C21H29NO2/c1-3-20(2)17-21(12-15-24-20,18-8-5-4-6-9-18)11-13-22-16-19-10-7-14-23-19/h4-10,14,22H,3,11-13,15-17H2,1-2H3/p+1/t20-,21+/m1/s1. The molecule has 130 valence electrons. The Morgan fingerprint density at radius 2 is 1.96 bits per heavy atom. The maximum atomic E-state index is 6.13. The van der Waals surface area contributed by atoms with Crippen LogP contribution in [0.15, 0.2) is 53.1 Å². The lowest BCUT2D eigenvalue weighted by atomic mass is 9.66. The third kappa shape index (κ3) is 3.90. The van der Waals surface area contributed by atoms with Gasteiger partial charge in [-0.2, -0.15) is 0 Å². The third-order valence-corrected chi connectivity index (χ3v) is 5.63. The minimum absolute atomic E-state index is 0.00486. The van der Waals surface area contributed by atoms with Crippen LogP contribution in [0.4, 0.5) is 0 Å². The largest absolute Gasteiger partial charge is 0.463 e. The van der Waals surface area contributed by atoms with Crippen molar-refractivity contribution in [3.8, 4) is 0 Å². The second-order valence-corrected chi connectivity index (χ2v) is 7.34. The first-order valence-electron chi connectivity index (χ1n) is 9.19. The highest BCUT2D eigenvalue weighted by molar-refractivity contribution is 5.27. The second kappa shape index (κ2) is 7.54. The Balaban J connectivity index is 1.70. The van der Waals surface area contributed by atoms with Crippen molar-refractivity contribution in [2.45, 2.75) is 57.1 Å². The summed E-state index contributed by atoms with van der Waals surface area (Å²) in [6.07, 6.45) is 6.21. The molecular weight excluding hydrogens is 298 g/mol. The molecule has 3 heteroatoms. The van der Waals surface area contributed by atoms with Crippen molar-refractivity contribution in [1.82, 2.24) is 0 Å². The maximum Gasteiger partial charge on any atom is 0.157 e. The molecule has 0 spiro atoms. The smallest absolute Gasteiger partial charge is 0.157 e. The van der Waals surface area contributed by atoms with Gasteiger partial charge in [-0.05, 0) is 43.9 Å². The van der Waals surface area contributed by atoms with Crippen molar-refractivity contribution in [1.29, 1.82) is 0 Å². The maximum absolute atomic E-state index is 6.13. The molecule has 0 radical (unpaired) electrons. The van der Waals surface area contributed by atoms with Crippen LogP contribution in [0.2, 0.25) is 0 Å². The number of furan rings is 1. The van der Waals surface area contributed by atoms with Crippen molar-refractivity contribution in [3.05, 3.63) is 60.1 Å². The summed E-state index contributed by atoms with van der Waals surface area (Å²) < 4.78 is 11.6. The SMILES string of the molecule is CC[C@]1(C)C[C@@](CC[NH2+]Cc2ccco2)(c2ccccc2)CCO1. The van der Waals surface area contributed by atoms with E-state index in [9.17, 15) is 0 Å². The fourth-order valence-electron chi connectivity index (χ4n) is 4.02. The molecule has 1 saturated heterocycles. The highest BCUT2D eigenvalue weighted by Crippen LogP contribution is 2.44. The molecule has 2 N–H and O–H groups in total. The van der Waals surface area contributed by atoms with E-state index in [-0.39, 0.29) is 11.0 Å². The molecule has 3 nitrogen and oxygen atoms in total. The van der Waals surface area contributed by atoms with Gasteiger partial charge in [-0.25, -0.2) is 0 Å². The Morgan fingerprint density at radius 3 is 2.67 bits per heavy atom. The predicted molar refractivity (Wildman–Crippen MR) is 95.8 cm³/mol. The zero-order valence-corrected chi connectivity index (χ0v) is 15.0. The second-order valence-electron chi connectivity index (χ2n) is 7.34. The van der Waals surface area contributed by atoms with E-state index in [4.69, 9.17) is 9.15 Å². The molecule has 0 unspecified atom stereocenters. The van der Waals surface area contributed by atoms with E-state index in [1.54, 1.807) is 6.26 Å². The van der Waals surface area contributed by atoms with Crippen molar-refractivity contribution in [2.24, 2.45) is 0 Å². The molecular formula is C21H30NO2+. The monoisotopic (exact) mass is 328 g/mol. The number of hydrogen-bond donors (Lipinski definition) is 1. The van der Waals surface area contributed by atoms with Crippen LogP contribution in [0, 0.1) is 0 Å². The van der Waals surface area contributed by atoms with Crippen LogP contribution in [0.5, 0.6) is 0 Å². The van der Waals surface area contributed by atoms with E-state index >= 15 is 0 Å². The third-order valence-electron chi connectivity index (χ3n) is 5.63. The molecule has 3 rings (SSSR count). The van der Waals surface area contributed by atoms with Crippen molar-refractivity contribution < 1.29 is 14.5 Å². The highest BCUT2D eigenvalue weighted by atomic mass is 16.5. The lowest BCUT2D eigenvalue weighted by Crippen LogP contribution is -2.83. The van der Waals surface area contributed by atoms with E-state index in [1.807, 2.05) is 12.1 Å². The summed E-state index contributed by atoms with van der Waals surface area (Å²) in [6.45, 7) is 7.40. The number of rotatable bonds is 7. The first-order valence-corrected chi connectivity index (χ1v) is 9.19. The zero-order valence-electron chi connectivity index (χ0n) is 15.0. The Morgan fingerprint density at radius 1 is 1.12 bits per heavy atom.